The molecule has 1 heterocycles. The number of aliphatic hydroxyl groups excluding tert-OH is 1. The second kappa shape index (κ2) is 5.83. The van der Waals surface area contributed by atoms with Gasteiger partial charge in [-0.05, 0) is 23.8 Å². The molecule has 0 saturated heterocycles. The van der Waals surface area contributed by atoms with E-state index in [4.69, 9.17) is 9.47 Å². The van der Waals surface area contributed by atoms with Crippen molar-refractivity contribution in [2.75, 3.05) is 7.11 Å². The Hall–Kier alpha value is -2.54. The van der Waals surface area contributed by atoms with Crippen molar-refractivity contribution in [1.82, 2.24) is 0 Å². The zero-order valence-electron chi connectivity index (χ0n) is 12.5. The van der Waals surface area contributed by atoms with Crippen LogP contribution in [0.4, 0.5) is 13.2 Å². The lowest BCUT2D eigenvalue weighted by atomic mass is 9.95. The van der Waals surface area contributed by atoms with Gasteiger partial charge in [-0.2, -0.15) is 13.2 Å². The van der Waals surface area contributed by atoms with Crippen LogP contribution in [0.1, 0.15) is 27.6 Å². The van der Waals surface area contributed by atoms with E-state index in [0.717, 1.165) is 12.1 Å². The lowest BCUT2D eigenvalue weighted by Gasteiger charge is -2.21. The fourth-order valence-electron chi connectivity index (χ4n) is 2.74. The van der Waals surface area contributed by atoms with Crippen LogP contribution in [-0.4, -0.2) is 24.1 Å². The topological polar surface area (TPSA) is 55.8 Å². The molecule has 2 atom stereocenters. The first-order valence-electron chi connectivity index (χ1n) is 7.06. The van der Waals surface area contributed by atoms with Crippen LogP contribution in [0.15, 0.2) is 42.5 Å². The molecule has 7 heteroatoms. The van der Waals surface area contributed by atoms with E-state index >= 15 is 0 Å². The normalized spacial score (nSPS) is 18.0. The average Bonchev–Trinajstić information content (AvgIpc) is 2.90. The van der Waals surface area contributed by atoms with Crippen molar-refractivity contribution >= 4 is 5.78 Å². The Morgan fingerprint density at radius 3 is 2.54 bits per heavy atom. The Labute approximate surface area is 135 Å². The fraction of sp³-hybridized carbons (Fsp3) is 0.235. The van der Waals surface area contributed by atoms with Gasteiger partial charge in [0, 0.05) is 0 Å². The van der Waals surface area contributed by atoms with Crippen LogP contribution in [0.25, 0.3) is 0 Å². The highest BCUT2D eigenvalue weighted by molar-refractivity contribution is 6.07. The third-order valence-corrected chi connectivity index (χ3v) is 3.84. The number of alkyl halides is 3. The van der Waals surface area contributed by atoms with Crippen molar-refractivity contribution in [3.05, 3.63) is 59.2 Å². The number of fused-ring (bicyclic) bond motifs is 1. The molecule has 1 aliphatic rings. The predicted octanol–water partition coefficient (Wildman–Crippen LogP) is 3.39. The van der Waals surface area contributed by atoms with Gasteiger partial charge in [0.05, 0.1) is 12.7 Å². The highest BCUT2D eigenvalue weighted by atomic mass is 19.4. The maximum Gasteiger partial charge on any atom is 0.416 e. The van der Waals surface area contributed by atoms with Gasteiger partial charge in [0.25, 0.3) is 0 Å². The van der Waals surface area contributed by atoms with E-state index in [2.05, 4.69) is 0 Å². The van der Waals surface area contributed by atoms with Gasteiger partial charge in [-0.3, -0.25) is 4.79 Å². The summed E-state index contributed by atoms with van der Waals surface area (Å²) in [4.78, 5) is 12.5. The number of methoxy groups -OCH3 is 1. The molecule has 0 radical (unpaired) electrons. The van der Waals surface area contributed by atoms with E-state index in [-0.39, 0.29) is 17.1 Å². The van der Waals surface area contributed by atoms with Crippen molar-refractivity contribution in [2.45, 2.75) is 18.4 Å². The maximum absolute atomic E-state index is 13.1. The highest BCUT2D eigenvalue weighted by Gasteiger charge is 2.43. The number of ether oxygens (including phenoxy) is 2. The fourth-order valence-corrected chi connectivity index (χ4v) is 2.74. The molecule has 0 unspecified atom stereocenters. The molecular weight excluding hydrogens is 325 g/mol. The number of carbonyl (C=O) groups excluding carboxylic acids is 1. The minimum atomic E-state index is -4.65. The third-order valence-electron chi connectivity index (χ3n) is 3.84. The van der Waals surface area contributed by atoms with Gasteiger partial charge < -0.3 is 14.6 Å². The molecule has 0 spiro atoms. The molecule has 126 valence electrons. The Balaban J connectivity index is 1.99. The number of ketones is 1. The highest BCUT2D eigenvalue weighted by Crippen LogP contribution is 2.41. The van der Waals surface area contributed by atoms with Crippen LogP contribution >= 0.6 is 0 Å². The van der Waals surface area contributed by atoms with Gasteiger partial charge in [-0.1, -0.05) is 24.3 Å². The molecule has 2 aromatic carbocycles. The first kappa shape index (κ1) is 16.3. The summed E-state index contributed by atoms with van der Waals surface area (Å²) in [5.74, 6) is -0.198. The van der Waals surface area contributed by atoms with Gasteiger partial charge in [-0.15, -0.1) is 0 Å². The molecule has 0 saturated carbocycles. The smallest absolute Gasteiger partial charge is 0.416 e. The van der Waals surface area contributed by atoms with Crippen LogP contribution in [0, 0.1) is 0 Å². The molecule has 0 fully saturated rings. The largest absolute Gasteiger partial charge is 0.496 e. The van der Waals surface area contributed by atoms with Crippen molar-refractivity contribution < 1.29 is 32.5 Å². The maximum atomic E-state index is 13.1. The van der Waals surface area contributed by atoms with Gasteiger partial charge in [0.15, 0.2) is 6.10 Å². The van der Waals surface area contributed by atoms with Crippen LogP contribution in [0.5, 0.6) is 11.5 Å². The molecule has 3 rings (SSSR count). The van der Waals surface area contributed by atoms with Crippen molar-refractivity contribution in [2.24, 2.45) is 0 Å². The molecule has 2 aromatic rings. The summed E-state index contributed by atoms with van der Waals surface area (Å²) >= 11 is 0. The minimum Gasteiger partial charge on any atom is -0.496 e. The monoisotopic (exact) mass is 338 g/mol. The number of hydrogen-bond donors (Lipinski definition) is 1. The molecule has 0 aliphatic carbocycles. The van der Waals surface area contributed by atoms with Crippen molar-refractivity contribution in [1.29, 1.82) is 0 Å². The number of halogens is 3. The summed E-state index contributed by atoms with van der Waals surface area (Å²) in [6.07, 6.45) is -7.86. The summed E-state index contributed by atoms with van der Waals surface area (Å²) < 4.78 is 49.8. The molecule has 1 aliphatic heterocycles. The first-order valence-corrected chi connectivity index (χ1v) is 7.06. The number of carbonyl (C=O) groups is 1. The molecule has 1 N–H and O–H groups in total. The van der Waals surface area contributed by atoms with Crippen LogP contribution < -0.4 is 9.47 Å². The summed E-state index contributed by atoms with van der Waals surface area (Å²) in [7, 11) is 1.37. The Morgan fingerprint density at radius 1 is 1.17 bits per heavy atom. The average molecular weight is 338 g/mol. The quantitative estimate of drug-likeness (QED) is 0.932. The van der Waals surface area contributed by atoms with E-state index in [1.54, 1.807) is 12.1 Å². The molecule has 0 bridgehead atoms. The number of benzene rings is 2. The van der Waals surface area contributed by atoms with E-state index in [0.29, 0.717) is 0 Å². The second-order valence-electron chi connectivity index (χ2n) is 5.27. The lowest BCUT2D eigenvalue weighted by molar-refractivity contribution is -0.139. The number of aliphatic hydroxyl groups is 1. The van der Waals surface area contributed by atoms with Crippen LogP contribution in [0.3, 0.4) is 0 Å². The van der Waals surface area contributed by atoms with Gasteiger partial charge in [0.1, 0.15) is 23.2 Å². The predicted molar refractivity (Wildman–Crippen MR) is 78.1 cm³/mol. The Kier molecular flexibility index (Phi) is 3.96. The van der Waals surface area contributed by atoms with E-state index in [9.17, 15) is 23.1 Å². The van der Waals surface area contributed by atoms with Gasteiger partial charge >= 0.3 is 6.18 Å². The second-order valence-corrected chi connectivity index (χ2v) is 5.27. The minimum absolute atomic E-state index is 0.119. The van der Waals surface area contributed by atoms with E-state index in [1.165, 1.54) is 25.3 Å². The Morgan fingerprint density at radius 2 is 1.88 bits per heavy atom. The lowest BCUT2D eigenvalue weighted by Crippen LogP contribution is -2.30. The van der Waals surface area contributed by atoms with Crippen molar-refractivity contribution in [3.63, 3.8) is 0 Å². The van der Waals surface area contributed by atoms with Crippen LogP contribution in [0.2, 0.25) is 0 Å². The molecular formula is C17H13F3O4. The SMILES string of the molecule is COc1cccc2c1C(=O)[C@H]([C@@H](O)c1ccccc1C(F)(F)F)O2. The van der Waals surface area contributed by atoms with Crippen LogP contribution in [-0.2, 0) is 6.18 Å². The van der Waals surface area contributed by atoms with Gasteiger partial charge in [-0.25, -0.2) is 0 Å². The standard InChI is InChI=1S/C17H13F3O4/c1-23-11-7-4-8-12-13(11)15(22)16(24-12)14(21)9-5-2-3-6-10(9)17(18,19)20/h2-8,14,16,21H,1H3/t14-,16-/m0/s1. The molecule has 24 heavy (non-hydrogen) atoms. The van der Waals surface area contributed by atoms with Crippen molar-refractivity contribution in [3.8, 4) is 11.5 Å². The van der Waals surface area contributed by atoms with Gasteiger partial charge in [0.2, 0.25) is 5.78 Å². The van der Waals surface area contributed by atoms with E-state index in [1.807, 2.05) is 0 Å². The summed E-state index contributed by atoms with van der Waals surface area (Å²) in [5, 5.41) is 10.4. The molecule has 0 amide bonds. The number of Topliss-reactive ketones (excluding diaryl/α,β-unsaturated/α-hetero) is 1. The summed E-state index contributed by atoms with van der Waals surface area (Å²) in [6, 6.07) is 9.19. The molecule has 0 aromatic heterocycles. The summed E-state index contributed by atoms with van der Waals surface area (Å²) in [5.41, 5.74) is -1.29. The summed E-state index contributed by atoms with van der Waals surface area (Å²) in [6.45, 7) is 0. The zero-order valence-corrected chi connectivity index (χ0v) is 12.5. The Bertz CT molecular complexity index is 786. The third kappa shape index (κ3) is 2.60. The number of rotatable bonds is 3. The first-order chi connectivity index (χ1) is 11.3. The van der Waals surface area contributed by atoms with E-state index < -0.39 is 35.3 Å². The zero-order chi connectivity index (χ0) is 17.5. The number of hydrogen-bond acceptors (Lipinski definition) is 4. The molecule has 4 nitrogen and oxygen atoms in total.